The van der Waals surface area contributed by atoms with Crippen molar-refractivity contribution in [2.75, 3.05) is 0 Å². The standard InChI is InChI=1S/C14H17ClN2O/c1-3-12-9-13(17(4-2)16-12)10-18-14-7-5-6-11(15)8-14/h5-9H,3-4,10H2,1-2H3. The van der Waals surface area contributed by atoms with Gasteiger partial charge in [-0.15, -0.1) is 0 Å². The molecule has 18 heavy (non-hydrogen) atoms. The first-order valence-electron chi connectivity index (χ1n) is 6.17. The zero-order valence-corrected chi connectivity index (χ0v) is 11.4. The number of hydrogen-bond donors (Lipinski definition) is 0. The minimum atomic E-state index is 0.515. The highest BCUT2D eigenvalue weighted by atomic mass is 35.5. The van der Waals surface area contributed by atoms with E-state index in [4.69, 9.17) is 16.3 Å². The lowest BCUT2D eigenvalue weighted by Gasteiger charge is -2.07. The minimum absolute atomic E-state index is 0.515. The van der Waals surface area contributed by atoms with E-state index >= 15 is 0 Å². The van der Waals surface area contributed by atoms with E-state index in [0.29, 0.717) is 11.6 Å². The molecule has 0 saturated heterocycles. The Morgan fingerprint density at radius 1 is 1.28 bits per heavy atom. The molecule has 0 bridgehead atoms. The number of nitrogens with zero attached hydrogens (tertiary/aromatic N) is 2. The quantitative estimate of drug-likeness (QED) is 0.823. The summed E-state index contributed by atoms with van der Waals surface area (Å²) in [6.45, 7) is 5.55. The molecule has 0 atom stereocenters. The van der Waals surface area contributed by atoms with E-state index in [1.165, 1.54) is 0 Å². The Kier molecular flexibility index (Phi) is 4.26. The zero-order chi connectivity index (χ0) is 13.0. The molecule has 3 nitrogen and oxygen atoms in total. The Morgan fingerprint density at radius 2 is 2.11 bits per heavy atom. The second-order valence-corrected chi connectivity index (χ2v) is 4.48. The first-order valence-corrected chi connectivity index (χ1v) is 6.54. The SMILES string of the molecule is CCc1cc(COc2cccc(Cl)c2)n(CC)n1. The molecule has 0 saturated carbocycles. The van der Waals surface area contributed by atoms with Gasteiger partial charge in [0.15, 0.2) is 0 Å². The largest absolute Gasteiger partial charge is 0.487 e. The van der Waals surface area contributed by atoms with E-state index in [2.05, 4.69) is 25.0 Å². The highest BCUT2D eigenvalue weighted by Crippen LogP contribution is 2.18. The van der Waals surface area contributed by atoms with Crippen molar-refractivity contribution in [1.82, 2.24) is 9.78 Å². The predicted octanol–water partition coefficient (Wildman–Crippen LogP) is 3.70. The van der Waals surface area contributed by atoms with Crippen LogP contribution in [0.3, 0.4) is 0 Å². The molecule has 0 aliphatic heterocycles. The Labute approximate surface area is 112 Å². The van der Waals surface area contributed by atoms with Gasteiger partial charge in [-0.3, -0.25) is 4.68 Å². The minimum Gasteiger partial charge on any atom is -0.487 e. The fourth-order valence-electron chi connectivity index (χ4n) is 1.79. The molecule has 96 valence electrons. The van der Waals surface area contributed by atoms with Gasteiger partial charge in [0.25, 0.3) is 0 Å². The molecule has 0 N–H and O–H groups in total. The third-order valence-corrected chi connectivity index (χ3v) is 2.99. The van der Waals surface area contributed by atoms with Crippen LogP contribution in [0.5, 0.6) is 5.75 Å². The Balaban J connectivity index is 2.07. The van der Waals surface area contributed by atoms with Crippen LogP contribution in [0.1, 0.15) is 25.2 Å². The van der Waals surface area contributed by atoms with Crippen LogP contribution in [0.25, 0.3) is 0 Å². The highest BCUT2D eigenvalue weighted by Gasteiger charge is 2.06. The molecule has 0 unspecified atom stereocenters. The second-order valence-electron chi connectivity index (χ2n) is 4.04. The highest BCUT2D eigenvalue weighted by molar-refractivity contribution is 6.30. The van der Waals surface area contributed by atoms with Gasteiger partial charge in [0, 0.05) is 11.6 Å². The molecule has 2 aromatic rings. The molecule has 0 amide bonds. The summed E-state index contributed by atoms with van der Waals surface area (Å²) in [5.41, 5.74) is 2.19. The van der Waals surface area contributed by atoms with Crippen LogP contribution in [0.2, 0.25) is 5.02 Å². The number of rotatable bonds is 5. The van der Waals surface area contributed by atoms with Crippen LogP contribution in [0, 0.1) is 0 Å². The van der Waals surface area contributed by atoms with Gasteiger partial charge in [0.1, 0.15) is 12.4 Å². The summed E-state index contributed by atoms with van der Waals surface area (Å²) < 4.78 is 7.70. The third-order valence-electron chi connectivity index (χ3n) is 2.76. The summed E-state index contributed by atoms with van der Waals surface area (Å²) in [5, 5.41) is 5.17. The normalized spacial score (nSPS) is 10.6. The maximum atomic E-state index is 5.91. The molecule has 1 heterocycles. The van der Waals surface area contributed by atoms with Crippen LogP contribution < -0.4 is 4.74 Å². The van der Waals surface area contributed by atoms with E-state index in [-0.39, 0.29) is 0 Å². The van der Waals surface area contributed by atoms with Crippen molar-refractivity contribution >= 4 is 11.6 Å². The molecule has 0 aliphatic rings. The van der Waals surface area contributed by atoms with Gasteiger partial charge in [0.2, 0.25) is 0 Å². The van der Waals surface area contributed by atoms with Crippen LogP contribution in [0.4, 0.5) is 0 Å². The maximum Gasteiger partial charge on any atom is 0.130 e. The summed E-state index contributed by atoms with van der Waals surface area (Å²) in [6.07, 6.45) is 0.942. The number of aryl methyl sites for hydroxylation is 2. The van der Waals surface area contributed by atoms with E-state index in [0.717, 1.165) is 30.1 Å². The van der Waals surface area contributed by atoms with Gasteiger partial charge >= 0.3 is 0 Å². The van der Waals surface area contributed by atoms with Crippen LogP contribution in [-0.4, -0.2) is 9.78 Å². The van der Waals surface area contributed by atoms with Crippen LogP contribution in [-0.2, 0) is 19.6 Å². The van der Waals surface area contributed by atoms with Crippen LogP contribution in [0.15, 0.2) is 30.3 Å². The molecular formula is C14H17ClN2O. The average Bonchev–Trinajstić information content (AvgIpc) is 2.79. The monoisotopic (exact) mass is 264 g/mol. The number of aromatic nitrogens is 2. The predicted molar refractivity (Wildman–Crippen MR) is 73.1 cm³/mol. The lowest BCUT2D eigenvalue weighted by molar-refractivity contribution is 0.292. The van der Waals surface area contributed by atoms with Gasteiger partial charge in [-0.1, -0.05) is 24.6 Å². The smallest absolute Gasteiger partial charge is 0.130 e. The molecule has 0 fully saturated rings. The molecule has 0 aliphatic carbocycles. The molecule has 1 aromatic heterocycles. The maximum absolute atomic E-state index is 5.91. The second kappa shape index (κ2) is 5.91. The third kappa shape index (κ3) is 3.05. The van der Waals surface area contributed by atoms with Crippen molar-refractivity contribution in [1.29, 1.82) is 0 Å². The summed E-state index contributed by atoms with van der Waals surface area (Å²) in [7, 11) is 0. The molecule has 2 rings (SSSR count). The van der Waals surface area contributed by atoms with Gasteiger partial charge < -0.3 is 4.74 Å². The Hall–Kier alpha value is -1.48. The van der Waals surface area contributed by atoms with E-state index in [9.17, 15) is 0 Å². The fourth-order valence-corrected chi connectivity index (χ4v) is 1.97. The molecule has 0 spiro atoms. The number of halogens is 1. The summed E-state index contributed by atoms with van der Waals surface area (Å²) >= 11 is 5.91. The summed E-state index contributed by atoms with van der Waals surface area (Å²) in [6, 6.07) is 9.52. The molecule has 4 heteroatoms. The van der Waals surface area contributed by atoms with Crippen molar-refractivity contribution in [3.63, 3.8) is 0 Å². The number of benzene rings is 1. The van der Waals surface area contributed by atoms with Crippen molar-refractivity contribution in [3.8, 4) is 5.75 Å². The lowest BCUT2D eigenvalue weighted by atomic mass is 10.3. The summed E-state index contributed by atoms with van der Waals surface area (Å²) in [4.78, 5) is 0. The number of hydrogen-bond acceptors (Lipinski definition) is 2. The van der Waals surface area contributed by atoms with Crippen molar-refractivity contribution in [2.45, 2.75) is 33.4 Å². The topological polar surface area (TPSA) is 27.1 Å². The van der Waals surface area contributed by atoms with Crippen LogP contribution >= 0.6 is 11.6 Å². The fraction of sp³-hybridized carbons (Fsp3) is 0.357. The molecular weight excluding hydrogens is 248 g/mol. The lowest BCUT2D eigenvalue weighted by Crippen LogP contribution is -2.06. The molecule has 1 aromatic carbocycles. The van der Waals surface area contributed by atoms with Gasteiger partial charge in [-0.05, 0) is 37.6 Å². The summed E-state index contributed by atoms with van der Waals surface area (Å²) in [5.74, 6) is 0.782. The van der Waals surface area contributed by atoms with E-state index < -0.39 is 0 Å². The van der Waals surface area contributed by atoms with Gasteiger partial charge in [0.05, 0.1) is 11.4 Å². The Bertz CT molecular complexity index is 522. The van der Waals surface area contributed by atoms with Gasteiger partial charge in [-0.25, -0.2) is 0 Å². The number of ether oxygens (including phenoxy) is 1. The first-order chi connectivity index (χ1) is 8.72. The average molecular weight is 265 g/mol. The first kappa shape index (κ1) is 13.0. The van der Waals surface area contributed by atoms with Gasteiger partial charge in [-0.2, -0.15) is 5.10 Å². The van der Waals surface area contributed by atoms with Crippen molar-refractivity contribution < 1.29 is 4.74 Å². The van der Waals surface area contributed by atoms with Crippen molar-refractivity contribution in [2.24, 2.45) is 0 Å². The van der Waals surface area contributed by atoms with E-state index in [1.54, 1.807) is 0 Å². The zero-order valence-electron chi connectivity index (χ0n) is 10.7. The Morgan fingerprint density at radius 3 is 2.78 bits per heavy atom. The molecule has 0 radical (unpaired) electrons. The van der Waals surface area contributed by atoms with Crippen molar-refractivity contribution in [3.05, 3.63) is 46.7 Å². The van der Waals surface area contributed by atoms with E-state index in [1.807, 2.05) is 28.9 Å².